The van der Waals surface area contributed by atoms with Gasteiger partial charge in [0.25, 0.3) is 5.89 Å². The Bertz CT molecular complexity index is 628. The van der Waals surface area contributed by atoms with Crippen LogP contribution in [0.3, 0.4) is 0 Å². The molecule has 0 bridgehead atoms. The minimum absolute atomic E-state index is 0.176. The molecule has 1 aromatic heterocycles. The van der Waals surface area contributed by atoms with E-state index in [4.69, 9.17) is 9.78 Å². The molecule has 0 saturated carbocycles. The lowest BCUT2D eigenvalue weighted by Crippen LogP contribution is -2.09. The third-order valence-corrected chi connectivity index (χ3v) is 2.42. The molecule has 0 aliphatic rings. The highest BCUT2D eigenvalue weighted by Crippen LogP contribution is 2.21. The molecule has 1 heterocycles. The molecule has 19 heavy (non-hydrogen) atoms. The Balaban J connectivity index is 2.19. The van der Waals surface area contributed by atoms with Gasteiger partial charge in [-0.15, -0.1) is 0 Å². The number of hydrogen-bond donors (Lipinski definition) is 1. The number of aryl methyl sites for hydroxylation is 1. The van der Waals surface area contributed by atoms with Crippen molar-refractivity contribution in [2.24, 2.45) is 0 Å². The zero-order valence-electron chi connectivity index (χ0n) is 10.4. The summed E-state index contributed by atoms with van der Waals surface area (Å²) in [6.45, 7) is 1.94. The number of nitrogens with zero attached hydrogens (tertiary/aromatic N) is 3. The van der Waals surface area contributed by atoms with E-state index in [1.807, 2.05) is 13.0 Å². The van der Waals surface area contributed by atoms with E-state index in [1.54, 1.807) is 24.3 Å². The van der Waals surface area contributed by atoms with E-state index in [2.05, 4.69) is 15.5 Å². The second-order valence-corrected chi connectivity index (χ2v) is 3.83. The van der Waals surface area contributed by atoms with Gasteiger partial charge in [0, 0.05) is 17.7 Å². The Kier molecular flexibility index (Phi) is 3.88. The number of anilines is 1. The fourth-order valence-corrected chi connectivity index (χ4v) is 1.52. The normalized spacial score (nSPS) is 9.89. The second-order valence-electron chi connectivity index (χ2n) is 3.83. The highest BCUT2D eigenvalue weighted by atomic mass is 16.5. The van der Waals surface area contributed by atoms with Crippen LogP contribution >= 0.6 is 0 Å². The third-order valence-electron chi connectivity index (χ3n) is 2.42. The molecule has 6 heteroatoms. The van der Waals surface area contributed by atoms with Crippen LogP contribution in [0.25, 0.3) is 11.5 Å². The molecule has 0 radical (unpaired) electrons. The molecule has 1 aromatic carbocycles. The summed E-state index contributed by atoms with van der Waals surface area (Å²) in [5.41, 5.74) is 1.32. The summed E-state index contributed by atoms with van der Waals surface area (Å²) in [6, 6.07) is 8.83. The van der Waals surface area contributed by atoms with Gasteiger partial charge in [-0.2, -0.15) is 10.2 Å². The first-order chi connectivity index (χ1) is 9.22. The van der Waals surface area contributed by atoms with E-state index in [1.165, 1.54) is 0 Å². The molecule has 0 unspecified atom stereocenters. The Morgan fingerprint density at radius 3 is 3.05 bits per heavy atom. The summed E-state index contributed by atoms with van der Waals surface area (Å²) >= 11 is 0. The molecule has 2 aromatic rings. The number of nitrogens with one attached hydrogen (secondary N) is 1. The number of rotatable bonds is 4. The van der Waals surface area contributed by atoms with Crippen molar-refractivity contribution in [3.8, 4) is 17.5 Å². The predicted octanol–water partition coefficient (Wildman–Crippen LogP) is 2.15. The fraction of sp³-hybridized carbons (Fsp3) is 0.231. The molecule has 0 atom stereocenters. The van der Waals surface area contributed by atoms with Crippen molar-refractivity contribution in [2.75, 3.05) is 5.32 Å². The molecule has 1 amide bonds. The van der Waals surface area contributed by atoms with Gasteiger partial charge in [-0.3, -0.25) is 4.79 Å². The number of aromatic nitrogens is 2. The van der Waals surface area contributed by atoms with Crippen molar-refractivity contribution in [3.05, 3.63) is 30.1 Å². The summed E-state index contributed by atoms with van der Waals surface area (Å²) in [6.07, 6.45) is 0.521. The summed E-state index contributed by atoms with van der Waals surface area (Å²) in [7, 11) is 0. The first kappa shape index (κ1) is 12.8. The van der Waals surface area contributed by atoms with Gasteiger partial charge in [0.15, 0.2) is 5.82 Å². The van der Waals surface area contributed by atoms with Crippen LogP contribution in [0.2, 0.25) is 0 Å². The lowest BCUT2D eigenvalue weighted by atomic mass is 10.2. The van der Waals surface area contributed by atoms with Crippen LogP contribution < -0.4 is 5.32 Å². The van der Waals surface area contributed by atoms with Gasteiger partial charge in [-0.05, 0) is 18.2 Å². The first-order valence-corrected chi connectivity index (χ1v) is 5.82. The first-order valence-electron chi connectivity index (χ1n) is 5.82. The number of carbonyl (C=O) groups excluding carboxylic acids is 1. The van der Waals surface area contributed by atoms with Crippen LogP contribution in [-0.2, 0) is 11.2 Å². The van der Waals surface area contributed by atoms with Crippen LogP contribution in [0, 0.1) is 11.3 Å². The van der Waals surface area contributed by atoms with Crippen LogP contribution in [0.15, 0.2) is 28.8 Å². The molecule has 1 N–H and O–H groups in total. The zero-order valence-corrected chi connectivity index (χ0v) is 10.4. The summed E-state index contributed by atoms with van der Waals surface area (Å²) in [4.78, 5) is 15.5. The van der Waals surface area contributed by atoms with Crippen molar-refractivity contribution in [1.82, 2.24) is 10.1 Å². The maximum Gasteiger partial charge on any atom is 0.257 e. The van der Waals surface area contributed by atoms with Crippen molar-refractivity contribution < 1.29 is 9.32 Å². The number of nitriles is 1. The van der Waals surface area contributed by atoms with E-state index >= 15 is 0 Å². The minimum Gasteiger partial charge on any atom is -0.334 e. The standard InChI is InChI=1S/C13H12N4O2/c1-2-11-16-13(19-17-11)9-4-3-5-10(8-9)15-12(18)6-7-14/h3-5,8H,2,6H2,1H3,(H,15,18). The Hall–Kier alpha value is -2.68. The Labute approximate surface area is 110 Å². The van der Waals surface area contributed by atoms with Gasteiger partial charge in [0.2, 0.25) is 5.91 Å². The lowest BCUT2D eigenvalue weighted by molar-refractivity contribution is -0.115. The quantitative estimate of drug-likeness (QED) is 0.904. The van der Waals surface area contributed by atoms with Crippen LogP contribution in [-0.4, -0.2) is 16.0 Å². The largest absolute Gasteiger partial charge is 0.334 e. The van der Waals surface area contributed by atoms with Gasteiger partial charge in [0.05, 0.1) is 6.07 Å². The zero-order chi connectivity index (χ0) is 13.7. The highest BCUT2D eigenvalue weighted by molar-refractivity contribution is 5.92. The lowest BCUT2D eigenvalue weighted by Gasteiger charge is -2.03. The molecule has 2 rings (SSSR count). The van der Waals surface area contributed by atoms with Gasteiger partial charge >= 0.3 is 0 Å². The van der Waals surface area contributed by atoms with E-state index in [9.17, 15) is 4.79 Å². The second kappa shape index (κ2) is 5.78. The Morgan fingerprint density at radius 1 is 1.53 bits per heavy atom. The predicted molar refractivity (Wildman–Crippen MR) is 68.0 cm³/mol. The van der Waals surface area contributed by atoms with E-state index in [0.717, 1.165) is 5.56 Å². The van der Waals surface area contributed by atoms with Gasteiger partial charge in [-0.25, -0.2) is 0 Å². The minimum atomic E-state index is -0.348. The van der Waals surface area contributed by atoms with Gasteiger partial charge in [0.1, 0.15) is 6.42 Å². The van der Waals surface area contributed by atoms with E-state index in [-0.39, 0.29) is 12.3 Å². The van der Waals surface area contributed by atoms with Crippen molar-refractivity contribution >= 4 is 11.6 Å². The van der Waals surface area contributed by atoms with Crippen LogP contribution in [0.5, 0.6) is 0 Å². The SMILES string of the molecule is CCc1noc(-c2cccc(NC(=O)CC#N)c2)n1. The van der Waals surface area contributed by atoms with Crippen molar-refractivity contribution in [1.29, 1.82) is 5.26 Å². The molecule has 6 nitrogen and oxygen atoms in total. The summed E-state index contributed by atoms with van der Waals surface area (Å²) in [5.74, 6) is 0.696. The van der Waals surface area contributed by atoms with Crippen molar-refractivity contribution in [3.63, 3.8) is 0 Å². The molecular weight excluding hydrogens is 244 g/mol. The number of benzene rings is 1. The molecule has 0 fully saturated rings. The monoisotopic (exact) mass is 256 g/mol. The number of hydrogen-bond acceptors (Lipinski definition) is 5. The van der Waals surface area contributed by atoms with E-state index in [0.29, 0.717) is 23.8 Å². The number of amides is 1. The molecule has 0 aliphatic heterocycles. The summed E-state index contributed by atoms with van der Waals surface area (Å²) < 4.78 is 5.12. The molecule has 0 spiro atoms. The topological polar surface area (TPSA) is 91.8 Å². The average molecular weight is 256 g/mol. The molecule has 0 aliphatic carbocycles. The fourth-order valence-electron chi connectivity index (χ4n) is 1.52. The molecule has 0 saturated heterocycles. The molecular formula is C13H12N4O2. The Morgan fingerprint density at radius 2 is 2.37 bits per heavy atom. The van der Waals surface area contributed by atoms with Gasteiger partial charge < -0.3 is 9.84 Å². The third kappa shape index (κ3) is 3.16. The van der Waals surface area contributed by atoms with Gasteiger partial charge in [-0.1, -0.05) is 18.1 Å². The van der Waals surface area contributed by atoms with E-state index < -0.39 is 0 Å². The van der Waals surface area contributed by atoms with Crippen LogP contribution in [0.4, 0.5) is 5.69 Å². The summed E-state index contributed by atoms with van der Waals surface area (Å²) in [5, 5.41) is 14.9. The smallest absolute Gasteiger partial charge is 0.257 e. The molecule has 96 valence electrons. The maximum absolute atomic E-state index is 11.3. The highest BCUT2D eigenvalue weighted by Gasteiger charge is 2.09. The maximum atomic E-state index is 11.3. The number of carbonyl (C=O) groups is 1. The van der Waals surface area contributed by atoms with Crippen molar-refractivity contribution in [2.45, 2.75) is 19.8 Å². The average Bonchev–Trinajstić information content (AvgIpc) is 2.88. The van der Waals surface area contributed by atoms with Crippen LogP contribution in [0.1, 0.15) is 19.2 Å².